The second-order valence-electron chi connectivity index (χ2n) is 5.47. The van der Waals surface area contributed by atoms with Crippen molar-refractivity contribution < 1.29 is 19.0 Å². The maximum absolute atomic E-state index is 12.8. The summed E-state index contributed by atoms with van der Waals surface area (Å²) in [5.74, 6) is 3.85. The molecule has 0 unspecified atom stereocenters. The molecule has 0 radical (unpaired) electrons. The van der Waals surface area contributed by atoms with E-state index in [0.29, 0.717) is 27.6 Å². The van der Waals surface area contributed by atoms with Crippen LogP contribution in [0.5, 0.6) is 17.2 Å². The molecule has 3 aromatic rings. The fraction of sp³-hybridized carbons (Fsp3) is 0.200. The highest BCUT2D eigenvalue weighted by molar-refractivity contribution is 7.16. The molecular formula is C20H18N2O4S. The quantitative estimate of drug-likeness (QED) is 0.636. The van der Waals surface area contributed by atoms with Crippen LogP contribution >= 0.6 is 11.3 Å². The smallest absolute Gasteiger partial charge is 0.283 e. The molecule has 0 spiro atoms. The average molecular weight is 382 g/mol. The monoisotopic (exact) mass is 382 g/mol. The molecule has 6 nitrogen and oxygen atoms in total. The van der Waals surface area contributed by atoms with Crippen LogP contribution in [0.1, 0.15) is 10.4 Å². The zero-order chi connectivity index (χ0) is 19.4. The molecule has 1 heterocycles. The van der Waals surface area contributed by atoms with Crippen LogP contribution in [-0.2, 0) is 6.54 Å². The van der Waals surface area contributed by atoms with Gasteiger partial charge in [0.2, 0.25) is 0 Å². The van der Waals surface area contributed by atoms with E-state index in [1.165, 1.54) is 18.4 Å². The van der Waals surface area contributed by atoms with Crippen LogP contribution in [0, 0.1) is 12.3 Å². The van der Waals surface area contributed by atoms with Crippen LogP contribution in [0.4, 0.5) is 0 Å². The van der Waals surface area contributed by atoms with E-state index >= 15 is 0 Å². The number of carbonyl (C=O) groups is 1. The second-order valence-corrected chi connectivity index (χ2v) is 6.47. The van der Waals surface area contributed by atoms with Crippen molar-refractivity contribution >= 4 is 27.5 Å². The van der Waals surface area contributed by atoms with Crippen LogP contribution in [0.3, 0.4) is 0 Å². The summed E-state index contributed by atoms with van der Waals surface area (Å²) in [7, 11) is 4.64. The van der Waals surface area contributed by atoms with Gasteiger partial charge in [0.1, 0.15) is 22.8 Å². The molecule has 0 atom stereocenters. The molecule has 0 fully saturated rings. The zero-order valence-electron chi connectivity index (χ0n) is 15.2. The summed E-state index contributed by atoms with van der Waals surface area (Å²) in [5.41, 5.74) is 1.16. The van der Waals surface area contributed by atoms with Crippen molar-refractivity contribution in [2.75, 3.05) is 21.3 Å². The number of thiazole rings is 1. The summed E-state index contributed by atoms with van der Waals surface area (Å²) in [6.45, 7) is 0.270. The Morgan fingerprint density at radius 1 is 1.15 bits per heavy atom. The van der Waals surface area contributed by atoms with Crippen LogP contribution in [0.25, 0.3) is 10.2 Å². The van der Waals surface area contributed by atoms with Crippen molar-refractivity contribution in [3.8, 4) is 29.6 Å². The molecule has 3 rings (SSSR count). The molecule has 0 N–H and O–H groups in total. The van der Waals surface area contributed by atoms with Gasteiger partial charge in [-0.2, -0.15) is 4.99 Å². The van der Waals surface area contributed by atoms with Crippen LogP contribution < -0.4 is 19.0 Å². The SMILES string of the molecule is C#CCn1c(=NC(=O)c2ccc(OC)cc2OC)sc2cccc(OC)c21. The van der Waals surface area contributed by atoms with Crippen molar-refractivity contribution in [1.82, 2.24) is 4.57 Å². The number of aromatic nitrogens is 1. The maximum atomic E-state index is 12.8. The number of ether oxygens (including phenoxy) is 3. The third kappa shape index (κ3) is 3.52. The first-order valence-electron chi connectivity index (χ1n) is 8.03. The van der Waals surface area contributed by atoms with Gasteiger partial charge in [0.15, 0.2) is 4.80 Å². The minimum absolute atomic E-state index is 0.270. The van der Waals surface area contributed by atoms with Crippen molar-refractivity contribution in [2.45, 2.75) is 6.54 Å². The lowest BCUT2D eigenvalue weighted by atomic mass is 10.2. The van der Waals surface area contributed by atoms with Gasteiger partial charge in [-0.05, 0) is 24.3 Å². The van der Waals surface area contributed by atoms with Gasteiger partial charge < -0.3 is 18.8 Å². The number of benzene rings is 2. The summed E-state index contributed by atoms with van der Waals surface area (Å²) in [5, 5.41) is 0. The number of hydrogen-bond acceptors (Lipinski definition) is 5. The lowest BCUT2D eigenvalue weighted by Gasteiger charge is -2.07. The number of fused-ring (bicyclic) bond motifs is 1. The fourth-order valence-electron chi connectivity index (χ4n) is 2.71. The summed E-state index contributed by atoms with van der Waals surface area (Å²) in [6.07, 6.45) is 5.52. The third-order valence-electron chi connectivity index (χ3n) is 3.97. The van der Waals surface area contributed by atoms with Gasteiger partial charge in [0.05, 0.1) is 38.1 Å². The van der Waals surface area contributed by atoms with Crippen LogP contribution in [0.2, 0.25) is 0 Å². The number of amides is 1. The van der Waals surface area contributed by atoms with E-state index < -0.39 is 5.91 Å². The van der Waals surface area contributed by atoms with Gasteiger partial charge >= 0.3 is 0 Å². The summed E-state index contributed by atoms with van der Waals surface area (Å²) >= 11 is 1.37. The molecule has 0 saturated carbocycles. The third-order valence-corrected chi connectivity index (χ3v) is 5.01. The minimum Gasteiger partial charge on any atom is -0.497 e. The number of rotatable bonds is 5. The number of para-hydroxylation sites is 1. The Hall–Kier alpha value is -3.24. The average Bonchev–Trinajstić information content (AvgIpc) is 3.04. The molecule has 1 aromatic heterocycles. The number of hydrogen-bond donors (Lipinski definition) is 0. The Labute approximate surface area is 160 Å². The van der Waals surface area contributed by atoms with Crippen LogP contribution in [0.15, 0.2) is 41.4 Å². The van der Waals surface area contributed by atoms with Gasteiger partial charge in [0.25, 0.3) is 5.91 Å². The predicted molar refractivity (Wildman–Crippen MR) is 105 cm³/mol. The molecule has 0 bridgehead atoms. The number of nitrogens with zero attached hydrogens (tertiary/aromatic N) is 2. The predicted octanol–water partition coefficient (Wildman–Crippen LogP) is 3.10. The standard InChI is InChI=1S/C20H18N2O4S/c1-5-11-22-18-15(25-3)7-6-8-17(18)27-20(22)21-19(23)14-10-9-13(24-2)12-16(14)26-4/h1,6-10,12H,11H2,2-4H3. The highest BCUT2D eigenvalue weighted by Crippen LogP contribution is 2.28. The number of terminal acetylenes is 1. The summed E-state index contributed by atoms with van der Waals surface area (Å²) in [4.78, 5) is 17.6. The first-order chi connectivity index (χ1) is 13.1. The van der Waals surface area contributed by atoms with E-state index in [0.717, 1.165) is 10.2 Å². The number of methoxy groups -OCH3 is 3. The van der Waals surface area contributed by atoms with E-state index in [9.17, 15) is 4.79 Å². The first kappa shape index (κ1) is 18.5. The molecule has 0 aliphatic heterocycles. The van der Waals surface area contributed by atoms with Gasteiger partial charge in [-0.25, -0.2) is 0 Å². The lowest BCUT2D eigenvalue weighted by molar-refractivity contribution is 0.0995. The van der Waals surface area contributed by atoms with Crippen molar-refractivity contribution in [3.05, 3.63) is 46.8 Å². The van der Waals surface area contributed by atoms with Gasteiger partial charge in [-0.3, -0.25) is 4.79 Å². The number of carbonyl (C=O) groups excluding carboxylic acids is 1. The van der Waals surface area contributed by atoms with E-state index in [1.807, 2.05) is 18.2 Å². The highest BCUT2D eigenvalue weighted by Gasteiger charge is 2.15. The van der Waals surface area contributed by atoms with Crippen molar-refractivity contribution in [3.63, 3.8) is 0 Å². The Balaban J connectivity index is 2.17. The maximum Gasteiger partial charge on any atom is 0.283 e. The normalized spacial score (nSPS) is 11.3. The molecule has 138 valence electrons. The lowest BCUT2D eigenvalue weighted by Crippen LogP contribution is -2.17. The molecule has 2 aromatic carbocycles. The summed E-state index contributed by atoms with van der Waals surface area (Å²) in [6, 6.07) is 10.6. The molecule has 0 aliphatic carbocycles. The first-order valence-corrected chi connectivity index (χ1v) is 8.85. The molecule has 0 aliphatic rings. The van der Waals surface area contributed by atoms with Gasteiger partial charge in [0, 0.05) is 6.07 Å². The van der Waals surface area contributed by atoms with Gasteiger partial charge in [-0.15, -0.1) is 6.42 Å². The van der Waals surface area contributed by atoms with Crippen LogP contribution in [-0.4, -0.2) is 31.8 Å². The summed E-state index contributed by atoms with van der Waals surface area (Å²) < 4.78 is 18.6. The van der Waals surface area contributed by atoms with E-state index in [-0.39, 0.29) is 6.54 Å². The molecule has 0 saturated heterocycles. The molecule has 7 heteroatoms. The van der Waals surface area contributed by atoms with Gasteiger partial charge in [-0.1, -0.05) is 23.3 Å². The molecular weight excluding hydrogens is 364 g/mol. The fourth-order valence-corrected chi connectivity index (χ4v) is 3.75. The molecule has 1 amide bonds. The van der Waals surface area contributed by atoms with E-state index in [2.05, 4.69) is 10.9 Å². The second kappa shape index (κ2) is 7.98. The van der Waals surface area contributed by atoms with Crippen molar-refractivity contribution in [1.29, 1.82) is 0 Å². The zero-order valence-corrected chi connectivity index (χ0v) is 16.0. The Morgan fingerprint density at radius 3 is 2.59 bits per heavy atom. The Bertz CT molecular complexity index is 1110. The van der Waals surface area contributed by atoms with E-state index in [4.69, 9.17) is 20.6 Å². The Kier molecular flexibility index (Phi) is 5.48. The van der Waals surface area contributed by atoms with E-state index in [1.54, 1.807) is 37.0 Å². The highest BCUT2D eigenvalue weighted by atomic mass is 32.1. The topological polar surface area (TPSA) is 62.1 Å². The molecule has 27 heavy (non-hydrogen) atoms. The minimum atomic E-state index is -0.425. The largest absolute Gasteiger partial charge is 0.497 e. The van der Waals surface area contributed by atoms with Crippen molar-refractivity contribution in [2.24, 2.45) is 4.99 Å². The Morgan fingerprint density at radius 2 is 1.93 bits per heavy atom.